The number of carboxylic acid groups (broad SMARTS) is 1. The van der Waals surface area contributed by atoms with Crippen LogP contribution >= 0.6 is 23.2 Å². The van der Waals surface area contributed by atoms with Crippen LogP contribution in [0.15, 0.2) is 48.5 Å². The summed E-state index contributed by atoms with van der Waals surface area (Å²) in [6.07, 6.45) is 0.473. The normalized spacial score (nSPS) is 14.3. The first kappa shape index (κ1) is 41.7. The number of nitrogens with one attached hydrogen (secondary N) is 1. The molecule has 1 atom stereocenters. The van der Waals surface area contributed by atoms with Gasteiger partial charge in [0.15, 0.2) is 5.69 Å². The molecule has 2 N–H and O–H groups in total. The highest BCUT2D eigenvalue weighted by Crippen LogP contribution is 2.46. The van der Waals surface area contributed by atoms with Gasteiger partial charge in [-0.1, -0.05) is 47.5 Å². The molecule has 6 aromatic rings. The summed E-state index contributed by atoms with van der Waals surface area (Å²) in [5.74, 6) is -0.792. The average molecular weight is 842 g/mol. The molecule has 14 heteroatoms. The third-order valence-electron chi connectivity index (χ3n) is 11.0. The summed E-state index contributed by atoms with van der Waals surface area (Å²) >= 11 is 13.5. The predicted molar refractivity (Wildman–Crippen MR) is 233 cm³/mol. The molecule has 1 aliphatic rings. The summed E-state index contributed by atoms with van der Waals surface area (Å²) in [5.41, 5.74) is 7.65. The summed E-state index contributed by atoms with van der Waals surface area (Å²) in [7, 11) is 1.90. The molecule has 1 aliphatic heterocycles. The largest absolute Gasteiger partial charge is 0.494 e. The Morgan fingerprint density at radius 3 is 2.34 bits per heavy atom. The fourth-order valence-electron chi connectivity index (χ4n) is 8.51. The number of anilines is 1. The number of aryl methyl sites for hydroxylation is 5. The van der Waals surface area contributed by atoms with Gasteiger partial charge < -0.3 is 33.9 Å². The summed E-state index contributed by atoms with van der Waals surface area (Å²) in [5, 5.41) is 21.1. The molecule has 0 aliphatic carbocycles. The summed E-state index contributed by atoms with van der Waals surface area (Å²) in [6, 6.07) is 14.7. The molecule has 3 aromatic carbocycles. The SMILES string of the molecule is Cc1cc(OCCCc2c3n(c4c(-c5c(C)nn(C)c5C)c(Cl)ccc24)[C@H](C)CN(c2c(C(=O)O)n(CCNC(=O)OC(C)(C)C)c4ccccc24)C3=O)cc(C)c1Cl. The van der Waals surface area contributed by atoms with Crippen molar-refractivity contribution >= 4 is 68.7 Å². The van der Waals surface area contributed by atoms with E-state index in [1.807, 2.05) is 94.9 Å². The second-order valence-corrected chi connectivity index (χ2v) is 17.2. The fourth-order valence-corrected chi connectivity index (χ4v) is 8.87. The lowest BCUT2D eigenvalue weighted by molar-refractivity contribution is 0.0526. The first-order valence-electron chi connectivity index (χ1n) is 19.8. The minimum Gasteiger partial charge on any atom is -0.494 e. The number of rotatable bonds is 11. The molecule has 3 aromatic heterocycles. The first-order chi connectivity index (χ1) is 27.9. The highest BCUT2D eigenvalue weighted by Gasteiger charge is 2.40. The highest BCUT2D eigenvalue weighted by molar-refractivity contribution is 6.35. The first-order valence-corrected chi connectivity index (χ1v) is 20.5. The predicted octanol–water partition coefficient (Wildman–Crippen LogP) is 9.99. The number of aromatic carboxylic acids is 1. The van der Waals surface area contributed by atoms with Crippen LogP contribution in [0.5, 0.6) is 5.75 Å². The van der Waals surface area contributed by atoms with Gasteiger partial charge in [0.1, 0.15) is 17.0 Å². The van der Waals surface area contributed by atoms with E-state index in [0.717, 1.165) is 55.9 Å². The number of aromatic nitrogens is 4. The molecule has 4 heterocycles. The van der Waals surface area contributed by atoms with Gasteiger partial charge in [0, 0.05) is 65.3 Å². The lowest BCUT2D eigenvalue weighted by Crippen LogP contribution is -2.43. The third kappa shape index (κ3) is 7.64. The minimum absolute atomic E-state index is 0.0452. The molecule has 0 fully saturated rings. The number of carbonyl (C=O) groups excluding carboxylic acids is 2. The van der Waals surface area contributed by atoms with Gasteiger partial charge in [-0.3, -0.25) is 9.48 Å². The second-order valence-electron chi connectivity index (χ2n) is 16.4. The number of ether oxygens (including phenoxy) is 2. The zero-order chi connectivity index (χ0) is 42.7. The maximum Gasteiger partial charge on any atom is 0.407 e. The number of carboxylic acids is 1. The van der Waals surface area contributed by atoms with Crippen LogP contribution in [-0.2, 0) is 24.8 Å². The van der Waals surface area contributed by atoms with E-state index < -0.39 is 17.7 Å². The number of amides is 2. The number of nitrogens with zero attached hydrogens (tertiary/aromatic N) is 5. The number of hydrogen-bond donors (Lipinski definition) is 2. The molecule has 0 bridgehead atoms. The minimum atomic E-state index is -1.19. The van der Waals surface area contributed by atoms with Gasteiger partial charge in [-0.15, -0.1) is 0 Å². The average Bonchev–Trinajstić information content (AvgIpc) is 3.76. The zero-order valence-electron chi connectivity index (χ0n) is 34.9. The van der Waals surface area contributed by atoms with Crippen LogP contribution in [0.2, 0.25) is 10.0 Å². The van der Waals surface area contributed by atoms with Crippen LogP contribution < -0.4 is 15.0 Å². The maximum absolute atomic E-state index is 15.4. The van der Waals surface area contributed by atoms with Gasteiger partial charge in [-0.2, -0.15) is 5.10 Å². The maximum atomic E-state index is 15.4. The van der Waals surface area contributed by atoms with E-state index in [0.29, 0.717) is 51.8 Å². The highest BCUT2D eigenvalue weighted by atomic mass is 35.5. The van der Waals surface area contributed by atoms with Gasteiger partial charge in [-0.25, -0.2) is 9.59 Å². The Morgan fingerprint density at radius 2 is 1.69 bits per heavy atom. The molecule has 59 heavy (non-hydrogen) atoms. The van der Waals surface area contributed by atoms with Crippen LogP contribution in [0.25, 0.3) is 32.9 Å². The summed E-state index contributed by atoms with van der Waals surface area (Å²) in [6.45, 7) is 16.0. The standard InChI is InChI=1S/C45H50Cl2N6O6/c1-24-21-29(22-25(2)37(24)47)58-20-12-14-30-31-16-17-33(46)36(35-27(4)49-50(9)28(35)5)38(31)53-26(3)23-52(42(54)40(30)53)39-32-13-10-11-15-34(32)51(41(39)43(55)56)19-18-48-44(57)59-45(6,7)8/h10-11,13,15-17,21-22,26H,12,14,18-20,23H2,1-9H3,(H,48,57)(H,55,56)/t26-/m1/s1. The number of fused-ring (bicyclic) bond motifs is 4. The van der Waals surface area contributed by atoms with Gasteiger partial charge in [0.2, 0.25) is 0 Å². The Hall–Kier alpha value is -5.46. The van der Waals surface area contributed by atoms with Crippen molar-refractivity contribution in [2.75, 3.05) is 24.6 Å². The van der Waals surface area contributed by atoms with Crippen molar-refractivity contribution in [1.29, 1.82) is 0 Å². The van der Waals surface area contributed by atoms with Crippen LogP contribution in [0, 0.1) is 27.7 Å². The number of carbonyl (C=O) groups is 3. The Balaban J connectivity index is 1.35. The van der Waals surface area contributed by atoms with Crippen LogP contribution in [0.4, 0.5) is 10.5 Å². The van der Waals surface area contributed by atoms with E-state index >= 15 is 4.79 Å². The van der Waals surface area contributed by atoms with Gasteiger partial charge in [0.25, 0.3) is 5.91 Å². The van der Waals surface area contributed by atoms with Gasteiger partial charge in [-0.05, 0) is 109 Å². The van der Waals surface area contributed by atoms with E-state index in [1.54, 1.807) is 30.2 Å². The lowest BCUT2D eigenvalue weighted by Gasteiger charge is -2.34. The third-order valence-corrected chi connectivity index (χ3v) is 11.9. The van der Waals surface area contributed by atoms with Crippen molar-refractivity contribution in [2.45, 2.75) is 86.4 Å². The Kier molecular flexibility index (Phi) is 11.3. The van der Waals surface area contributed by atoms with Crippen molar-refractivity contribution < 1.29 is 29.0 Å². The molecule has 0 spiro atoms. The van der Waals surface area contributed by atoms with Crippen molar-refractivity contribution in [3.63, 3.8) is 0 Å². The molecule has 2 amide bonds. The fraction of sp³-hybridized carbons (Fsp3) is 0.378. The monoisotopic (exact) mass is 840 g/mol. The lowest BCUT2D eigenvalue weighted by atomic mass is 9.98. The number of hydrogen-bond acceptors (Lipinski definition) is 6. The van der Waals surface area contributed by atoms with Crippen molar-refractivity contribution in [1.82, 2.24) is 24.2 Å². The Morgan fingerprint density at radius 1 is 1.00 bits per heavy atom. The molecule has 12 nitrogen and oxygen atoms in total. The smallest absolute Gasteiger partial charge is 0.407 e. The molecule has 0 radical (unpaired) electrons. The van der Waals surface area contributed by atoms with Crippen LogP contribution in [0.3, 0.4) is 0 Å². The van der Waals surface area contributed by atoms with Crippen LogP contribution in [-0.4, -0.2) is 67.3 Å². The quantitative estimate of drug-likeness (QED) is 0.124. The molecule has 7 rings (SSSR count). The molecule has 0 saturated carbocycles. The van der Waals surface area contributed by atoms with E-state index in [2.05, 4.69) is 9.88 Å². The second kappa shape index (κ2) is 16.0. The molecule has 0 saturated heterocycles. The van der Waals surface area contributed by atoms with E-state index in [1.165, 1.54) is 0 Å². The number of alkyl carbamates (subject to hydrolysis) is 1. The summed E-state index contributed by atoms with van der Waals surface area (Å²) < 4.78 is 17.2. The van der Waals surface area contributed by atoms with Crippen molar-refractivity contribution in [3.05, 3.63) is 98.0 Å². The van der Waals surface area contributed by atoms with E-state index in [9.17, 15) is 14.7 Å². The van der Waals surface area contributed by atoms with Crippen LogP contribution in [0.1, 0.15) is 89.2 Å². The number of halogens is 2. The molecular weight excluding hydrogens is 791 g/mol. The van der Waals surface area contributed by atoms with Crippen molar-refractivity contribution in [3.8, 4) is 16.9 Å². The van der Waals surface area contributed by atoms with E-state index in [-0.39, 0.29) is 37.3 Å². The number of benzene rings is 3. The molecule has 0 unspecified atom stereocenters. The van der Waals surface area contributed by atoms with E-state index in [4.69, 9.17) is 37.8 Å². The number of para-hydroxylation sites is 1. The molecular formula is C45H50Cl2N6O6. The zero-order valence-corrected chi connectivity index (χ0v) is 36.4. The van der Waals surface area contributed by atoms with Gasteiger partial charge in [0.05, 0.1) is 34.0 Å². The molecule has 310 valence electrons. The Labute approximate surface area is 353 Å². The summed E-state index contributed by atoms with van der Waals surface area (Å²) in [4.78, 5) is 42.8. The topological polar surface area (TPSA) is 133 Å². The Bertz CT molecular complexity index is 2640. The van der Waals surface area contributed by atoms with Crippen molar-refractivity contribution in [2.24, 2.45) is 7.05 Å². The van der Waals surface area contributed by atoms with Gasteiger partial charge >= 0.3 is 12.1 Å².